The van der Waals surface area contributed by atoms with Gasteiger partial charge < -0.3 is 24.6 Å². The summed E-state index contributed by atoms with van der Waals surface area (Å²) in [6.45, 7) is 7.82. The summed E-state index contributed by atoms with van der Waals surface area (Å²) in [5, 5.41) is 3.39. The number of anilines is 1. The molecule has 0 bridgehead atoms. The van der Waals surface area contributed by atoms with Crippen LogP contribution in [0.4, 0.5) is 5.69 Å². The molecule has 1 N–H and O–H groups in total. The summed E-state index contributed by atoms with van der Waals surface area (Å²) in [5.74, 6) is 2.61. The second-order valence-corrected chi connectivity index (χ2v) is 6.45. The van der Waals surface area contributed by atoms with Crippen molar-refractivity contribution in [1.29, 1.82) is 0 Å². The van der Waals surface area contributed by atoms with Crippen molar-refractivity contribution in [2.75, 3.05) is 57.9 Å². The van der Waals surface area contributed by atoms with Crippen LogP contribution in [0, 0.1) is 0 Å². The molecule has 1 aromatic carbocycles. The van der Waals surface area contributed by atoms with Gasteiger partial charge >= 0.3 is 0 Å². The molecule has 150 valence electrons. The average molecular weight is 383 g/mol. The van der Waals surface area contributed by atoms with E-state index in [1.165, 1.54) is 5.69 Å². The molecule has 7 nitrogen and oxygen atoms in total. The van der Waals surface area contributed by atoms with Gasteiger partial charge in [0, 0.05) is 50.7 Å². The third-order valence-electron chi connectivity index (χ3n) is 4.59. The minimum absolute atomic E-state index is 0.532. The first-order chi connectivity index (χ1) is 13.8. The van der Waals surface area contributed by atoms with Crippen molar-refractivity contribution in [1.82, 2.24) is 15.2 Å². The number of methoxy groups -OCH3 is 1. The Labute approximate surface area is 167 Å². The van der Waals surface area contributed by atoms with Gasteiger partial charge in [0.05, 0.1) is 19.9 Å². The lowest BCUT2D eigenvalue weighted by Gasteiger charge is -2.37. The van der Waals surface area contributed by atoms with Gasteiger partial charge in [-0.3, -0.25) is 4.98 Å². The molecular weight excluding hydrogens is 354 g/mol. The number of aromatic nitrogens is 1. The molecule has 7 heteroatoms. The van der Waals surface area contributed by atoms with E-state index in [-0.39, 0.29) is 0 Å². The summed E-state index contributed by atoms with van der Waals surface area (Å²) in [7, 11) is 1.70. The average Bonchev–Trinajstić information content (AvgIpc) is 2.77. The maximum absolute atomic E-state index is 5.68. The molecule has 0 atom stereocenters. The molecule has 3 rings (SSSR count). The Hall–Kier alpha value is -2.96. The Kier molecular flexibility index (Phi) is 7.35. The summed E-state index contributed by atoms with van der Waals surface area (Å²) >= 11 is 0. The Balaban J connectivity index is 1.51. The number of nitrogens with one attached hydrogen (secondary N) is 1. The van der Waals surface area contributed by atoms with Gasteiger partial charge in [0.2, 0.25) is 0 Å². The number of nitrogens with zero attached hydrogens (tertiary/aromatic N) is 4. The maximum Gasteiger partial charge on any atom is 0.194 e. The highest BCUT2D eigenvalue weighted by atomic mass is 16.5. The molecule has 1 aliphatic rings. The SMILES string of the molecule is CCNC(=NCCOc1cccnc1)N1CCN(c2cccc(OC)c2)CC1. The molecule has 28 heavy (non-hydrogen) atoms. The Morgan fingerprint density at radius 2 is 1.96 bits per heavy atom. The van der Waals surface area contributed by atoms with E-state index in [0.29, 0.717) is 13.2 Å². The fourth-order valence-electron chi connectivity index (χ4n) is 3.16. The summed E-state index contributed by atoms with van der Waals surface area (Å²) in [4.78, 5) is 13.5. The molecule has 0 aliphatic carbocycles. The zero-order valence-electron chi connectivity index (χ0n) is 16.7. The number of pyridine rings is 1. The van der Waals surface area contributed by atoms with Crippen LogP contribution >= 0.6 is 0 Å². The molecule has 1 aliphatic heterocycles. The lowest BCUT2D eigenvalue weighted by Crippen LogP contribution is -2.52. The summed E-state index contributed by atoms with van der Waals surface area (Å²) in [6, 6.07) is 12.0. The van der Waals surface area contributed by atoms with Crippen molar-refractivity contribution in [2.24, 2.45) is 4.99 Å². The number of rotatable bonds is 7. The number of piperazine rings is 1. The van der Waals surface area contributed by atoms with Gasteiger partial charge in [-0.05, 0) is 31.2 Å². The Bertz CT molecular complexity index is 745. The van der Waals surface area contributed by atoms with Crippen LogP contribution < -0.4 is 19.7 Å². The summed E-state index contributed by atoms with van der Waals surface area (Å²) in [5.41, 5.74) is 1.20. The third-order valence-corrected chi connectivity index (χ3v) is 4.59. The first-order valence-corrected chi connectivity index (χ1v) is 9.75. The molecule has 2 aromatic rings. The first-order valence-electron chi connectivity index (χ1n) is 9.75. The number of hydrogen-bond donors (Lipinski definition) is 1. The van der Waals surface area contributed by atoms with E-state index < -0.39 is 0 Å². The van der Waals surface area contributed by atoms with Crippen molar-refractivity contribution in [3.63, 3.8) is 0 Å². The van der Waals surface area contributed by atoms with Crippen molar-refractivity contribution >= 4 is 11.6 Å². The largest absolute Gasteiger partial charge is 0.497 e. The highest BCUT2D eigenvalue weighted by Crippen LogP contribution is 2.22. The van der Waals surface area contributed by atoms with Crippen molar-refractivity contribution in [3.8, 4) is 11.5 Å². The molecule has 1 saturated heterocycles. The standard InChI is InChI=1S/C21H29N5O2/c1-3-23-21(24-10-15-28-20-8-5-9-22-17-20)26-13-11-25(12-14-26)18-6-4-7-19(16-18)27-2/h4-9,16-17H,3,10-15H2,1-2H3,(H,23,24). The van der Waals surface area contributed by atoms with Crippen molar-refractivity contribution < 1.29 is 9.47 Å². The number of aliphatic imine (C=N–C) groups is 1. The molecule has 0 amide bonds. The van der Waals surface area contributed by atoms with Gasteiger partial charge in [-0.15, -0.1) is 0 Å². The minimum atomic E-state index is 0.532. The van der Waals surface area contributed by atoms with Crippen LogP contribution in [0.1, 0.15) is 6.92 Å². The monoisotopic (exact) mass is 383 g/mol. The fourth-order valence-corrected chi connectivity index (χ4v) is 3.16. The molecule has 1 fully saturated rings. The topological polar surface area (TPSA) is 62.2 Å². The van der Waals surface area contributed by atoms with E-state index >= 15 is 0 Å². The van der Waals surface area contributed by atoms with Gasteiger partial charge in [-0.1, -0.05) is 6.07 Å². The Morgan fingerprint density at radius 3 is 2.68 bits per heavy atom. The predicted molar refractivity (Wildman–Crippen MR) is 112 cm³/mol. The van der Waals surface area contributed by atoms with Crippen LogP contribution in [-0.4, -0.2) is 68.8 Å². The fraction of sp³-hybridized carbons (Fsp3) is 0.429. The molecule has 0 unspecified atom stereocenters. The molecule has 0 radical (unpaired) electrons. The molecule has 0 saturated carbocycles. The summed E-state index contributed by atoms with van der Waals surface area (Å²) in [6.07, 6.45) is 3.45. The Morgan fingerprint density at radius 1 is 1.14 bits per heavy atom. The number of hydrogen-bond acceptors (Lipinski definition) is 5. The molecular formula is C21H29N5O2. The minimum Gasteiger partial charge on any atom is -0.497 e. The number of benzene rings is 1. The normalized spacial score (nSPS) is 14.7. The number of ether oxygens (including phenoxy) is 2. The van der Waals surface area contributed by atoms with Gasteiger partial charge in [0.25, 0.3) is 0 Å². The van der Waals surface area contributed by atoms with Crippen LogP contribution in [0.2, 0.25) is 0 Å². The van der Waals surface area contributed by atoms with E-state index in [1.807, 2.05) is 24.3 Å². The van der Waals surface area contributed by atoms with Gasteiger partial charge in [0.15, 0.2) is 5.96 Å². The van der Waals surface area contributed by atoms with Crippen LogP contribution in [0.25, 0.3) is 0 Å². The van der Waals surface area contributed by atoms with Gasteiger partial charge in [-0.25, -0.2) is 4.99 Å². The molecule has 2 heterocycles. The van der Waals surface area contributed by atoms with Gasteiger partial charge in [0.1, 0.15) is 18.1 Å². The maximum atomic E-state index is 5.68. The zero-order valence-corrected chi connectivity index (χ0v) is 16.7. The number of guanidine groups is 1. The second-order valence-electron chi connectivity index (χ2n) is 6.45. The third kappa shape index (κ3) is 5.52. The van der Waals surface area contributed by atoms with E-state index in [9.17, 15) is 0 Å². The van der Waals surface area contributed by atoms with Crippen LogP contribution in [0.5, 0.6) is 11.5 Å². The summed E-state index contributed by atoms with van der Waals surface area (Å²) < 4.78 is 11.0. The van der Waals surface area contributed by atoms with E-state index in [2.05, 4.69) is 39.2 Å². The predicted octanol–water partition coefficient (Wildman–Crippen LogP) is 2.26. The van der Waals surface area contributed by atoms with Crippen molar-refractivity contribution in [2.45, 2.75) is 6.92 Å². The smallest absolute Gasteiger partial charge is 0.194 e. The van der Waals surface area contributed by atoms with E-state index in [0.717, 1.165) is 50.2 Å². The van der Waals surface area contributed by atoms with E-state index in [1.54, 1.807) is 19.5 Å². The zero-order chi connectivity index (χ0) is 19.6. The van der Waals surface area contributed by atoms with E-state index in [4.69, 9.17) is 14.5 Å². The highest BCUT2D eigenvalue weighted by molar-refractivity contribution is 5.80. The lowest BCUT2D eigenvalue weighted by molar-refractivity contribution is 0.324. The quantitative estimate of drug-likeness (QED) is 0.450. The van der Waals surface area contributed by atoms with Crippen LogP contribution in [0.15, 0.2) is 53.8 Å². The second kappa shape index (κ2) is 10.4. The van der Waals surface area contributed by atoms with Gasteiger partial charge in [-0.2, -0.15) is 0 Å². The highest BCUT2D eigenvalue weighted by Gasteiger charge is 2.20. The molecule has 0 spiro atoms. The lowest BCUT2D eigenvalue weighted by atomic mass is 10.2. The molecule has 1 aromatic heterocycles. The van der Waals surface area contributed by atoms with Crippen LogP contribution in [-0.2, 0) is 0 Å². The first kappa shape index (κ1) is 19.8. The van der Waals surface area contributed by atoms with Crippen LogP contribution in [0.3, 0.4) is 0 Å². The van der Waals surface area contributed by atoms with Crippen molar-refractivity contribution in [3.05, 3.63) is 48.8 Å².